The van der Waals surface area contributed by atoms with Crippen LogP contribution in [0.2, 0.25) is 0 Å². The smallest absolute Gasteiger partial charge is 0.160 e. The fraction of sp³-hybridized carbons (Fsp3) is 0.200. The maximum atomic E-state index is 14.1. The molecule has 1 aromatic carbocycles. The quantitative estimate of drug-likeness (QED) is 0.564. The van der Waals surface area contributed by atoms with E-state index in [1.54, 1.807) is 33.8 Å². The van der Waals surface area contributed by atoms with Crippen LogP contribution in [0.5, 0.6) is 0 Å². The molecule has 4 rings (SSSR count). The Labute approximate surface area is 165 Å². The summed E-state index contributed by atoms with van der Waals surface area (Å²) in [6.07, 6.45) is 5.22. The fourth-order valence-corrected chi connectivity index (χ4v) is 3.00. The third-order valence-electron chi connectivity index (χ3n) is 4.45. The molecule has 7 nitrogen and oxygen atoms in total. The Morgan fingerprint density at radius 3 is 2.59 bits per heavy atom. The summed E-state index contributed by atoms with van der Waals surface area (Å²) in [7, 11) is 3.65. The first-order valence-corrected chi connectivity index (χ1v) is 9.06. The molecule has 0 unspecified atom stereocenters. The van der Waals surface area contributed by atoms with Crippen LogP contribution in [0.15, 0.2) is 53.9 Å². The Bertz CT molecular complexity index is 1220. The Hall–Kier alpha value is -3.46. The van der Waals surface area contributed by atoms with Crippen LogP contribution >= 0.6 is 0 Å². The highest BCUT2D eigenvalue weighted by Crippen LogP contribution is 2.21. The van der Waals surface area contributed by atoms with Gasteiger partial charge in [-0.1, -0.05) is 6.07 Å². The van der Waals surface area contributed by atoms with Gasteiger partial charge in [0.2, 0.25) is 0 Å². The minimum atomic E-state index is -0.722. The largest absolute Gasteiger partial charge is 0.318 e. The molecule has 0 atom stereocenters. The van der Waals surface area contributed by atoms with Crippen molar-refractivity contribution in [1.82, 2.24) is 29.6 Å². The molecule has 0 aliphatic heterocycles. The summed E-state index contributed by atoms with van der Waals surface area (Å²) >= 11 is 0. The lowest BCUT2D eigenvalue weighted by Crippen LogP contribution is -2.27. The van der Waals surface area contributed by atoms with Crippen LogP contribution in [0.25, 0.3) is 22.4 Å². The molecule has 0 saturated heterocycles. The van der Waals surface area contributed by atoms with Crippen molar-refractivity contribution >= 4 is 16.9 Å². The van der Waals surface area contributed by atoms with Gasteiger partial charge < -0.3 is 9.88 Å². The SMILES string of the molecule is CNCCn1c(=Nc2c(F)cccc2F)ccc2ncc(-c3cnn(C)c3)nc21. The molecular formula is C20H19F2N7. The van der Waals surface area contributed by atoms with E-state index < -0.39 is 11.6 Å². The van der Waals surface area contributed by atoms with E-state index in [0.717, 1.165) is 5.56 Å². The molecule has 3 heterocycles. The van der Waals surface area contributed by atoms with E-state index >= 15 is 0 Å². The molecule has 4 aromatic rings. The number of likely N-dealkylation sites (N-methyl/N-ethyl adjacent to an activating group) is 1. The number of benzene rings is 1. The lowest BCUT2D eigenvalue weighted by Gasteiger charge is -2.12. The highest BCUT2D eigenvalue weighted by molar-refractivity contribution is 5.73. The van der Waals surface area contributed by atoms with E-state index in [0.29, 0.717) is 35.4 Å². The van der Waals surface area contributed by atoms with E-state index in [-0.39, 0.29) is 5.69 Å². The molecule has 0 bridgehead atoms. The number of aryl methyl sites for hydroxylation is 1. The van der Waals surface area contributed by atoms with Crippen molar-refractivity contribution in [2.45, 2.75) is 6.54 Å². The predicted molar refractivity (Wildman–Crippen MR) is 105 cm³/mol. The van der Waals surface area contributed by atoms with Gasteiger partial charge in [-0.3, -0.25) is 9.67 Å². The number of nitrogens with one attached hydrogen (secondary N) is 1. The molecule has 9 heteroatoms. The van der Waals surface area contributed by atoms with Crippen molar-refractivity contribution in [2.75, 3.05) is 13.6 Å². The summed E-state index contributed by atoms with van der Waals surface area (Å²) in [6, 6.07) is 7.10. The fourth-order valence-electron chi connectivity index (χ4n) is 3.00. The van der Waals surface area contributed by atoms with Gasteiger partial charge in [0.05, 0.1) is 18.1 Å². The average Bonchev–Trinajstić information content (AvgIpc) is 3.15. The zero-order valence-electron chi connectivity index (χ0n) is 16.0. The molecule has 0 aliphatic rings. The second kappa shape index (κ2) is 7.88. The molecule has 29 heavy (non-hydrogen) atoms. The molecule has 148 valence electrons. The molecule has 0 radical (unpaired) electrons. The number of pyridine rings is 1. The van der Waals surface area contributed by atoms with Gasteiger partial charge in [0, 0.05) is 31.9 Å². The average molecular weight is 395 g/mol. The van der Waals surface area contributed by atoms with Crippen molar-refractivity contribution in [2.24, 2.45) is 12.0 Å². The molecular weight excluding hydrogens is 376 g/mol. The summed E-state index contributed by atoms with van der Waals surface area (Å²) in [5.74, 6) is -1.44. The monoisotopic (exact) mass is 395 g/mol. The lowest BCUT2D eigenvalue weighted by atomic mass is 10.2. The predicted octanol–water partition coefficient (Wildman–Crippen LogP) is 2.56. The Balaban J connectivity index is 1.95. The molecule has 1 N–H and O–H groups in total. The molecule has 0 aliphatic carbocycles. The highest BCUT2D eigenvalue weighted by atomic mass is 19.1. The van der Waals surface area contributed by atoms with Crippen LogP contribution in [-0.4, -0.2) is 37.9 Å². The van der Waals surface area contributed by atoms with Crippen molar-refractivity contribution in [1.29, 1.82) is 0 Å². The topological polar surface area (TPSA) is 72.9 Å². The number of halogens is 2. The van der Waals surface area contributed by atoms with Crippen molar-refractivity contribution in [3.05, 3.63) is 66.0 Å². The van der Waals surface area contributed by atoms with E-state index in [4.69, 9.17) is 4.98 Å². The number of fused-ring (bicyclic) bond motifs is 1. The molecule has 3 aromatic heterocycles. The maximum absolute atomic E-state index is 14.1. The first-order chi connectivity index (χ1) is 14.1. The van der Waals surface area contributed by atoms with Crippen LogP contribution < -0.4 is 10.8 Å². The molecule has 0 spiro atoms. The summed E-state index contributed by atoms with van der Waals surface area (Å²) in [5, 5.41) is 7.24. The van der Waals surface area contributed by atoms with E-state index in [1.807, 2.05) is 20.3 Å². The zero-order valence-corrected chi connectivity index (χ0v) is 16.0. The van der Waals surface area contributed by atoms with Gasteiger partial charge in [-0.25, -0.2) is 18.8 Å². The van der Waals surface area contributed by atoms with Gasteiger partial charge in [0.25, 0.3) is 0 Å². The molecule has 0 fully saturated rings. The van der Waals surface area contributed by atoms with Crippen LogP contribution in [0.4, 0.5) is 14.5 Å². The second-order valence-corrected chi connectivity index (χ2v) is 6.50. The zero-order chi connectivity index (χ0) is 20.4. The van der Waals surface area contributed by atoms with Crippen molar-refractivity contribution < 1.29 is 8.78 Å². The first-order valence-electron chi connectivity index (χ1n) is 9.06. The summed E-state index contributed by atoms with van der Waals surface area (Å²) in [5.41, 5.74) is 2.75. The van der Waals surface area contributed by atoms with Gasteiger partial charge >= 0.3 is 0 Å². The standard InChI is InChI=1S/C20H19F2N7/c1-23-8-9-29-18(27-19-14(21)4-3-5-15(19)22)7-6-16-20(29)26-17(11-24-16)13-10-25-28(2)12-13/h3-7,10-12,23H,8-9H2,1-2H3. The molecule has 0 amide bonds. The number of para-hydroxylation sites is 1. The molecule has 0 saturated carbocycles. The van der Waals surface area contributed by atoms with E-state index in [9.17, 15) is 8.78 Å². The van der Waals surface area contributed by atoms with Crippen LogP contribution in [0, 0.1) is 11.6 Å². The normalized spacial score (nSPS) is 12.1. The number of rotatable bonds is 5. The summed E-state index contributed by atoms with van der Waals surface area (Å²) in [6.45, 7) is 1.11. The first kappa shape index (κ1) is 18.9. The Kier molecular flexibility index (Phi) is 5.13. The van der Waals surface area contributed by atoms with Gasteiger partial charge in [0.15, 0.2) is 17.3 Å². The summed E-state index contributed by atoms with van der Waals surface area (Å²) in [4.78, 5) is 13.5. The van der Waals surface area contributed by atoms with Gasteiger partial charge in [0.1, 0.15) is 16.7 Å². The number of hydrogen-bond acceptors (Lipinski definition) is 5. The van der Waals surface area contributed by atoms with Gasteiger partial charge in [-0.2, -0.15) is 5.10 Å². The Morgan fingerprint density at radius 1 is 1.10 bits per heavy atom. The van der Waals surface area contributed by atoms with Gasteiger partial charge in [-0.15, -0.1) is 0 Å². The minimum absolute atomic E-state index is 0.332. The van der Waals surface area contributed by atoms with Crippen LogP contribution in [0.1, 0.15) is 0 Å². The highest BCUT2D eigenvalue weighted by Gasteiger charge is 2.11. The van der Waals surface area contributed by atoms with Crippen molar-refractivity contribution in [3.63, 3.8) is 0 Å². The third kappa shape index (κ3) is 3.77. The summed E-state index contributed by atoms with van der Waals surface area (Å²) < 4.78 is 31.7. The Morgan fingerprint density at radius 2 is 1.90 bits per heavy atom. The van der Waals surface area contributed by atoms with Crippen molar-refractivity contribution in [3.8, 4) is 11.3 Å². The lowest BCUT2D eigenvalue weighted by molar-refractivity contribution is 0.582. The number of nitrogens with zero attached hydrogens (tertiary/aromatic N) is 6. The van der Waals surface area contributed by atoms with Crippen LogP contribution in [-0.2, 0) is 13.6 Å². The van der Waals surface area contributed by atoms with Crippen LogP contribution in [0.3, 0.4) is 0 Å². The second-order valence-electron chi connectivity index (χ2n) is 6.50. The van der Waals surface area contributed by atoms with Gasteiger partial charge in [-0.05, 0) is 31.3 Å². The maximum Gasteiger partial charge on any atom is 0.160 e. The third-order valence-corrected chi connectivity index (χ3v) is 4.45. The van der Waals surface area contributed by atoms with E-state index in [1.165, 1.54) is 18.2 Å². The van der Waals surface area contributed by atoms with E-state index in [2.05, 4.69) is 20.4 Å². The number of aromatic nitrogens is 5. The minimum Gasteiger partial charge on any atom is -0.318 e. The number of hydrogen-bond donors (Lipinski definition) is 1.